The van der Waals surface area contributed by atoms with Crippen molar-refractivity contribution in [2.45, 2.75) is 6.92 Å². The second-order valence-corrected chi connectivity index (χ2v) is 2.16. The monoisotopic (exact) mass is 113 g/mol. The molecule has 1 aliphatic heterocycles. The summed E-state index contributed by atoms with van der Waals surface area (Å²) in [5.74, 6) is 1.07. The number of hydrogen-bond donors (Lipinski definition) is 0. The Kier molecular flexibility index (Phi) is 1.52. The van der Waals surface area contributed by atoms with E-state index in [4.69, 9.17) is 0 Å². The third-order valence-corrected chi connectivity index (χ3v) is 1.57. The molecule has 0 bridgehead atoms. The van der Waals surface area contributed by atoms with Gasteiger partial charge in [-0.2, -0.15) is 0 Å². The largest absolute Gasteiger partial charge is 0.254 e. The Bertz CT molecular complexity index is 112. The molecule has 0 fully saturated rings. The maximum Gasteiger partial charge on any atom is 0.0604 e. The van der Waals surface area contributed by atoms with Crippen LogP contribution in [0.5, 0.6) is 0 Å². The van der Waals surface area contributed by atoms with E-state index < -0.39 is 0 Å². The van der Waals surface area contributed by atoms with Crippen LogP contribution in [0.1, 0.15) is 6.92 Å². The lowest BCUT2D eigenvalue weighted by molar-refractivity contribution is 1.34. The molecule has 1 aliphatic rings. The summed E-state index contributed by atoms with van der Waals surface area (Å²) >= 11 is 1.75. The van der Waals surface area contributed by atoms with Gasteiger partial charge in [0.2, 0.25) is 0 Å². The highest BCUT2D eigenvalue weighted by atomic mass is 32.2. The van der Waals surface area contributed by atoms with Crippen LogP contribution in [0.25, 0.3) is 0 Å². The van der Waals surface area contributed by atoms with Crippen LogP contribution in [-0.2, 0) is 0 Å². The summed E-state index contributed by atoms with van der Waals surface area (Å²) in [6.45, 7) is 2.01. The Morgan fingerprint density at radius 2 is 2.86 bits per heavy atom. The van der Waals surface area contributed by atoms with E-state index >= 15 is 0 Å². The van der Waals surface area contributed by atoms with Crippen molar-refractivity contribution >= 4 is 17.3 Å². The summed E-state index contributed by atoms with van der Waals surface area (Å²) < 4.78 is 0. The predicted octanol–water partition coefficient (Wildman–Crippen LogP) is 1.67. The Morgan fingerprint density at radius 1 is 2.00 bits per heavy atom. The first-order valence-electron chi connectivity index (χ1n) is 2.23. The average molecular weight is 113 g/mol. The van der Waals surface area contributed by atoms with E-state index in [0.717, 1.165) is 5.75 Å². The quantitative estimate of drug-likeness (QED) is 0.465. The highest BCUT2D eigenvalue weighted by molar-refractivity contribution is 8.12. The lowest BCUT2D eigenvalue weighted by Crippen LogP contribution is -1.70. The van der Waals surface area contributed by atoms with Gasteiger partial charge in [0.15, 0.2) is 0 Å². The Labute approximate surface area is 47.5 Å². The van der Waals surface area contributed by atoms with Gasteiger partial charge in [-0.15, -0.1) is 11.8 Å². The van der Waals surface area contributed by atoms with Crippen LogP contribution in [0.2, 0.25) is 0 Å². The zero-order valence-corrected chi connectivity index (χ0v) is 5.03. The Morgan fingerprint density at radius 3 is 3.14 bits per heavy atom. The minimum atomic E-state index is 1.07. The van der Waals surface area contributed by atoms with Gasteiger partial charge in [0.25, 0.3) is 0 Å². The minimum Gasteiger partial charge on any atom is -0.254 e. The molecule has 0 N–H and O–H groups in total. The molecule has 0 amide bonds. The van der Waals surface area contributed by atoms with Gasteiger partial charge in [-0.1, -0.05) is 6.08 Å². The zero-order chi connectivity index (χ0) is 5.11. The second-order valence-electron chi connectivity index (χ2n) is 1.33. The molecule has 7 heavy (non-hydrogen) atoms. The molecule has 0 atom stereocenters. The fraction of sp³-hybridized carbons (Fsp3) is 0.400. The standard InChI is InChI=1S/C5H7NS/c1-2-5-3-7-4-6-5/h2,4H,3H2,1H3. The molecule has 0 saturated carbocycles. The second kappa shape index (κ2) is 2.17. The summed E-state index contributed by atoms with van der Waals surface area (Å²) in [4.78, 5) is 4.05. The topological polar surface area (TPSA) is 12.4 Å². The molecule has 0 saturated heterocycles. The van der Waals surface area contributed by atoms with Crippen molar-refractivity contribution in [3.63, 3.8) is 0 Å². The van der Waals surface area contributed by atoms with Crippen molar-refractivity contribution in [3.05, 3.63) is 11.8 Å². The van der Waals surface area contributed by atoms with E-state index in [-0.39, 0.29) is 0 Å². The number of hydrogen-bond acceptors (Lipinski definition) is 2. The third kappa shape index (κ3) is 1.06. The van der Waals surface area contributed by atoms with Crippen molar-refractivity contribution < 1.29 is 0 Å². The maximum atomic E-state index is 4.05. The molecular formula is C5H7NS. The van der Waals surface area contributed by atoms with E-state index in [9.17, 15) is 0 Å². The minimum absolute atomic E-state index is 1.07. The summed E-state index contributed by atoms with van der Waals surface area (Å²) in [5, 5.41) is 0. The molecule has 0 unspecified atom stereocenters. The van der Waals surface area contributed by atoms with Crippen molar-refractivity contribution in [1.82, 2.24) is 0 Å². The Balaban J connectivity index is 2.59. The number of nitrogens with zero attached hydrogens (tertiary/aromatic N) is 1. The molecule has 38 valence electrons. The third-order valence-electron chi connectivity index (χ3n) is 0.858. The average Bonchev–Trinajstić information content (AvgIpc) is 2.14. The van der Waals surface area contributed by atoms with E-state index in [2.05, 4.69) is 4.99 Å². The highest BCUT2D eigenvalue weighted by Gasteiger charge is 1.96. The smallest absolute Gasteiger partial charge is 0.0604 e. The van der Waals surface area contributed by atoms with Crippen LogP contribution in [-0.4, -0.2) is 11.3 Å². The van der Waals surface area contributed by atoms with Gasteiger partial charge in [-0.05, 0) is 6.92 Å². The van der Waals surface area contributed by atoms with Gasteiger partial charge < -0.3 is 0 Å². The van der Waals surface area contributed by atoms with Crippen LogP contribution >= 0.6 is 11.8 Å². The first-order chi connectivity index (χ1) is 3.43. The number of thioether (sulfide) groups is 1. The summed E-state index contributed by atoms with van der Waals surface area (Å²) in [5.41, 5.74) is 3.08. The zero-order valence-electron chi connectivity index (χ0n) is 4.22. The van der Waals surface area contributed by atoms with E-state index in [0.29, 0.717) is 0 Å². The normalized spacial score (nSPS) is 24.4. The van der Waals surface area contributed by atoms with Gasteiger partial charge >= 0.3 is 0 Å². The molecule has 0 aliphatic carbocycles. The van der Waals surface area contributed by atoms with Gasteiger partial charge in [-0.25, -0.2) is 0 Å². The van der Waals surface area contributed by atoms with Crippen LogP contribution in [0.3, 0.4) is 0 Å². The molecule has 0 aromatic rings. The van der Waals surface area contributed by atoms with Crippen LogP contribution < -0.4 is 0 Å². The molecule has 1 rings (SSSR count). The Hall–Kier alpha value is -0.240. The lowest BCUT2D eigenvalue weighted by atomic mass is 10.5. The first kappa shape index (κ1) is 4.91. The van der Waals surface area contributed by atoms with Crippen molar-refractivity contribution in [2.24, 2.45) is 4.99 Å². The van der Waals surface area contributed by atoms with Crippen molar-refractivity contribution in [3.8, 4) is 0 Å². The molecular weight excluding hydrogens is 106 g/mol. The number of rotatable bonds is 0. The fourth-order valence-electron chi connectivity index (χ4n) is 0.423. The fourth-order valence-corrected chi connectivity index (χ4v) is 1.12. The summed E-state index contributed by atoms with van der Waals surface area (Å²) in [6.07, 6.45) is 2.04. The number of aliphatic imine (C=N–C) groups is 1. The van der Waals surface area contributed by atoms with Gasteiger partial charge in [0.05, 0.1) is 5.55 Å². The van der Waals surface area contributed by atoms with Crippen molar-refractivity contribution in [2.75, 3.05) is 5.75 Å². The van der Waals surface area contributed by atoms with Gasteiger partial charge in [-0.3, -0.25) is 4.99 Å². The van der Waals surface area contributed by atoms with E-state index in [1.165, 1.54) is 5.70 Å². The molecule has 1 heterocycles. The molecule has 0 aromatic heterocycles. The van der Waals surface area contributed by atoms with Crippen LogP contribution in [0.15, 0.2) is 16.8 Å². The summed E-state index contributed by atoms with van der Waals surface area (Å²) in [6, 6.07) is 0. The lowest BCUT2D eigenvalue weighted by Gasteiger charge is -1.81. The SMILES string of the molecule is CC=C1CSC=N1. The molecule has 0 radical (unpaired) electrons. The molecule has 0 spiro atoms. The molecule has 0 aromatic carbocycles. The first-order valence-corrected chi connectivity index (χ1v) is 3.27. The maximum absolute atomic E-state index is 4.05. The van der Waals surface area contributed by atoms with Crippen LogP contribution in [0.4, 0.5) is 0 Å². The van der Waals surface area contributed by atoms with E-state index in [1.807, 2.05) is 18.5 Å². The van der Waals surface area contributed by atoms with Gasteiger partial charge in [0.1, 0.15) is 0 Å². The van der Waals surface area contributed by atoms with Crippen LogP contribution in [0, 0.1) is 0 Å². The molecule has 2 heteroatoms. The highest BCUT2D eigenvalue weighted by Crippen LogP contribution is 2.13. The predicted molar refractivity (Wildman–Crippen MR) is 34.7 cm³/mol. The number of allylic oxidation sites excluding steroid dienone is 1. The van der Waals surface area contributed by atoms with E-state index in [1.54, 1.807) is 11.8 Å². The van der Waals surface area contributed by atoms with Gasteiger partial charge in [0, 0.05) is 11.4 Å². The molecule has 1 nitrogen and oxygen atoms in total. The summed E-state index contributed by atoms with van der Waals surface area (Å²) in [7, 11) is 0. The van der Waals surface area contributed by atoms with Crippen molar-refractivity contribution in [1.29, 1.82) is 0 Å².